The molecule has 1 fully saturated rings. The van der Waals surface area contributed by atoms with E-state index in [9.17, 15) is 13.2 Å². The Balaban J connectivity index is 1.42. The first-order chi connectivity index (χ1) is 14.4. The summed E-state index contributed by atoms with van der Waals surface area (Å²) in [5, 5.41) is 0. The van der Waals surface area contributed by atoms with E-state index in [4.69, 9.17) is 18.9 Å². The number of nitrogens with one attached hydrogen (secondary N) is 1. The van der Waals surface area contributed by atoms with Gasteiger partial charge in [-0.05, 0) is 30.2 Å². The number of carbonyl (C=O) groups excluding carboxylic acids is 1. The second-order valence-corrected chi connectivity index (χ2v) is 8.75. The molecule has 0 spiro atoms. The number of hydrogen-bond acceptors (Lipinski definition) is 7. The van der Waals surface area contributed by atoms with Crippen LogP contribution in [0.3, 0.4) is 0 Å². The van der Waals surface area contributed by atoms with Gasteiger partial charge < -0.3 is 23.8 Å². The van der Waals surface area contributed by atoms with Crippen molar-refractivity contribution in [2.45, 2.75) is 11.3 Å². The maximum absolute atomic E-state index is 12.7. The Morgan fingerprint density at radius 2 is 1.83 bits per heavy atom. The van der Waals surface area contributed by atoms with Gasteiger partial charge in [-0.15, -0.1) is 0 Å². The molecule has 0 radical (unpaired) electrons. The zero-order chi connectivity index (χ0) is 21.3. The number of amides is 1. The summed E-state index contributed by atoms with van der Waals surface area (Å²) >= 11 is 0. The van der Waals surface area contributed by atoms with Crippen LogP contribution in [0.25, 0.3) is 0 Å². The lowest BCUT2D eigenvalue weighted by atomic mass is 10.1. The molecule has 0 bridgehead atoms. The molecule has 9 nitrogen and oxygen atoms in total. The number of anilines is 1. The molecule has 2 aliphatic heterocycles. The van der Waals surface area contributed by atoms with Crippen molar-refractivity contribution in [2.75, 3.05) is 39.0 Å². The Kier molecular flexibility index (Phi) is 5.44. The second-order valence-electron chi connectivity index (χ2n) is 6.98. The van der Waals surface area contributed by atoms with E-state index in [1.165, 1.54) is 32.4 Å². The molecule has 10 heteroatoms. The van der Waals surface area contributed by atoms with Gasteiger partial charge in [0.25, 0.3) is 0 Å². The van der Waals surface area contributed by atoms with Gasteiger partial charge in [0, 0.05) is 37.3 Å². The van der Waals surface area contributed by atoms with Gasteiger partial charge in [-0.1, -0.05) is 0 Å². The van der Waals surface area contributed by atoms with Crippen LogP contribution in [-0.4, -0.2) is 48.4 Å². The number of sulfonamides is 1. The molecule has 160 valence electrons. The minimum atomic E-state index is -3.76. The zero-order valence-corrected chi connectivity index (χ0v) is 17.4. The summed E-state index contributed by atoms with van der Waals surface area (Å²) in [4.78, 5) is 14.2. The lowest BCUT2D eigenvalue weighted by Crippen LogP contribution is -2.31. The van der Waals surface area contributed by atoms with E-state index < -0.39 is 10.0 Å². The molecule has 2 aliphatic rings. The molecule has 0 unspecified atom stereocenters. The predicted octanol–water partition coefficient (Wildman–Crippen LogP) is 1.76. The van der Waals surface area contributed by atoms with E-state index in [1.807, 2.05) is 0 Å². The summed E-state index contributed by atoms with van der Waals surface area (Å²) in [5.74, 6) is 1.78. The number of fused-ring (bicyclic) bond motifs is 1. The molecular formula is C20H22N2O7S. The van der Waals surface area contributed by atoms with Crippen LogP contribution in [0.5, 0.6) is 23.0 Å². The third kappa shape index (κ3) is 3.88. The van der Waals surface area contributed by atoms with Crippen molar-refractivity contribution < 1.29 is 32.2 Å². The van der Waals surface area contributed by atoms with Gasteiger partial charge >= 0.3 is 0 Å². The highest BCUT2D eigenvalue weighted by Crippen LogP contribution is 2.37. The first-order valence-corrected chi connectivity index (χ1v) is 10.8. The fraction of sp³-hybridized carbons (Fsp3) is 0.350. The topological polar surface area (TPSA) is 103 Å². The Morgan fingerprint density at radius 3 is 2.60 bits per heavy atom. The zero-order valence-electron chi connectivity index (χ0n) is 16.6. The van der Waals surface area contributed by atoms with Gasteiger partial charge in [0.2, 0.25) is 22.7 Å². The van der Waals surface area contributed by atoms with Gasteiger partial charge in [-0.2, -0.15) is 0 Å². The Bertz CT molecular complexity index is 1070. The monoisotopic (exact) mass is 434 g/mol. The van der Waals surface area contributed by atoms with Crippen LogP contribution in [-0.2, 0) is 14.8 Å². The highest BCUT2D eigenvalue weighted by atomic mass is 32.2. The van der Waals surface area contributed by atoms with Gasteiger partial charge in [-0.25, -0.2) is 13.1 Å². The molecule has 2 aromatic carbocycles. The number of benzene rings is 2. The smallest absolute Gasteiger partial charge is 0.240 e. The second kappa shape index (κ2) is 8.04. The first kappa shape index (κ1) is 20.3. The van der Waals surface area contributed by atoms with Crippen molar-refractivity contribution in [1.29, 1.82) is 0 Å². The van der Waals surface area contributed by atoms with Crippen LogP contribution < -0.4 is 28.6 Å². The van der Waals surface area contributed by atoms with E-state index in [-0.39, 0.29) is 36.5 Å². The number of hydrogen-bond donors (Lipinski definition) is 1. The molecule has 2 heterocycles. The predicted molar refractivity (Wildman–Crippen MR) is 108 cm³/mol. The third-order valence-corrected chi connectivity index (χ3v) is 6.52. The molecule has 0 aromatic heterocycles. The molecule has 1 atom stereocenters. The van der Waals surface area contributed by atoms with E-state index in [0.29, 0.717) is 35.2 Å². The standard InChI is InChI=1S/C20H22N2O7S/c1-26-16-6-4-15(9-18(16)27-2)30(24,25)21-10-13-7-20(23)22(11-13)14-3-5-17-19(8-14)29-12-28-17/h3-6,8-9,13,21H,7,10-12H2,1-2H3/t13-/m1/s1. The molecule has 30 heavy (non-hydrogen) atoms. The van der Waals surface area contributed by atoms with Crippen LogP contribution in [0.15, 0.2) is 41.3 Å². The van der Waals surface area contributed by atoms with Crippen LogP contribution in [0.4, 0.5) is 5.69 Å². The molecule has 4 rings (SSSR count). The van der Waals surface area contributed by atoms with E-state index >= 15 is 0 Å². The van der Waals surface area contributed by atoms with Crippen molar-refractivity contribution in [2.24, 2.45) is 5.92 Å². The number of rotatable bonds is 7. The number of nitrogens with zero attached hydrogens (tertiary/aromatic N) is 1. The SMILES string of the molecule is COc1ccc(S(=O)(=O)NC[C@H]2CC(=O)N(c3ccc4c(c3)OCO4)C2)cc1OC. The van der Waals surface area contributed by atoms with Crippen molar-refractivity contribution in [1.82, 2.24) is 4.72 Å². The summed E-state index contributed by atoms with van der Waals surface area (Å²) in [6.45, 7) is 0.712. The van der Waals surface area contributed by atoms with E-state index in [1.54, 1.807) is 23.1 Å². The molecule has 1 amide bonds. The summed E-state index contributed by atoms with van der Waals surface area (Å²) in [5.41, 5.74) is 0.703. The first-order valence-electron chi connectivity index (χ1n) is 9.33. The van der Waals surface area contributed by atoms with E-state index in [2.05, 4.69) is 4.72 Å². The van der Waals surface area contributed by atoms with Crippen molar-refractivity contribution >= 4 is 21.6 Å². The number of methoxy groups -OCH3 is 2. The average molecular weight is 434 g/mol. The lowest BCUT2D eigenvalue weighted by Gasteiger charge is -2.17. The van der Waals surface area contributed by atoms with Crippen LogP contribution in [0, 0.1) is 5.92 Å². The third-order valence-electron chi connectivity index (χ3n) is 5.10. The molecule has 0 saturated carbocycles. The summed E-state index contributed by atoms with van der Waals surface area (Å²) in [7, 11) is -0.844. The number of ether oxygens (including phenoxy) is 4. The highest BCUT2D eigenvalue weighted by Gasteiger charge is 2.32. The molecule has 0 aliphatic carbocycles. The van der Waals surface area contributed by atoms with Gasteiger partial charge in [0.1, 0.15) is 0 Å². The molecule has 1 saturated heterocycles. The Hall–Kier alpha value is -2.98. The summed E-state index contributed by atoms with van der Waals surface area (Å²) in [6, 6.07) is 9.70. The van der Waals surface area contributed by atoms with Crippen LogP contribution >= 0.6 is 0 Å². The highest BCUT2D eigenvalue weighted by molar-refractivity contribution is 7.89. The van der Waals surface area contributed by atoms with Crippen LogP contribution in [0.1, 0.15) is 6.42 Å². The quantitative estimate of drug-likeness (QED) is 0.708. The van der Waals surface area contributed by atoms with Gasteiger partial charge in [-0.3, -0.25) is 4.79 Å². The van der Waals surface area contributed by atoms with Crippen molar-refractivity contribution in [3.05, 3.63) is 36.4 Å². The van der Waals surface area contributed by atoms with Gasteiger partial charge in [0.15, 0.2) is 23.0 Å². The number of carbonyl (C=O) groups is 1. The summed E-state index contributed by atoms with van der Waals surface area (Å²) in [6.07, 6.45) is 0.253. The van der Waals surface area contributed by atoms with Crippen molar-refractivity contribution in [3.63, 3.8) is 0 Å². The average Bonchev–Trinajstić information content (AvgIpc) is 3.37. The van der Waals surface area contributed by atoms with Gasteiger partial charge in [0.05, 0.1) is 19.1 Å². The normalized spacial score (nSPS) is 18.0. The largest absolute Gasteiger partial charge is 0.493 e. The Labute approximate surface area is 174 Å². The minimum Gasteiger partial charge on any atom is -0.493 e. The fourth-order valence-electron chi connectivity index (χ4n) is 3.52. The molecular weight excluding hydrogens is 412 g/mol. The maximum Gasteiger partial charge on any atom is 0.240 e. The summed E-state index contributed by atoms with van der Waals surface area (Å²) < 4.78 is 48.9. The fourth-order valence-corrected chi connectivity index (χ4v) is 4.65. The maximum atomic E-state index is 12.7. The van der Waals surface area contributed by atoms with Crippen LogP contribution in [0.2, 0.25) is 0 Å². The lowest BCUT2D eigenvalue weighted by molar-refractivity contribution is -0.117. The molecule has 1 N–H and O–H groups in total. The minimum absolute atomic E-state index is 0.0656. The molecule has 2 aromatic rings. The van der Waals surface area contributed by atoms with E-state index in [0.717, 1.165) is 0 Å². The van der Waals surface area contributed by atoms with Crippen molar-refractivity contribution in [3.8, 4) is 23.0 Å². The Morgan fingerprint density at radius 1 is 1.07 bits per heavy atom.